The molecule has 0 bridgehead atoms. The van der Waals surface area contributed by atoms with Gasteiger partial charge in [-0.2, -0.15) is 0 Å². The zero-order valence-electron chi connectivity index (χ0n) is 10.7. The van der Waals surface area contributed by atoms with Gasteiger partial charge in [0.1, 0.15) is 0 Å². The Morgan fingerprint density at radius 2 is 2.06 bits per heavy atom. The van der Waals surface area contributed by atoms with E-state index in [0.717, 1.165) is 18.8 Å². The number of carbonyl (C=O) groups excluding carboxylic acids is 1. The summed E-state index contributed by atoms with van der Waals surface area (Å²) in [6.07, 6.45) is 4.04. The summed E-state index contributed by atoms with van der Waals surface area (Å²) < 4.78 is 0. The van der Waals surface area contributed by atoms with Gasteiger partial charge >= 0.3 is 0 Å². The summed E-state index contributed by atoms with van der Waals surface area (Å²) in [7, 11) is 0. The number of rotatable bonds is 4. The summed E-state index contributed by atoms with van der Waals surface area (Å²) in [6, 6.07) is 0.354. The maximum absolute atomic E-state index is 11.6. The van der Waals surface area contributed by atoms with Crippen molar-refractivity contribution >= 4 is 5.91 Å². The molecule has 0 aromatic heterocycles. The molecule has 4 unspecified atom stereocenters. The molecule has 0 radical (unpaired) electrons. The Morgan fingerprint density at radius 1 is 1.38 bits per heavy atom. The summed E-state index contributed by atoms with van der Waals surface area (Å²) in [4.78, 5) is 11.6. The zero-order valence-corrected chi connectivity index (χ0v) is 10.7. The highest BCUT2D eigenvalue weighted by molar-refractivity contribution is 5.76. The second kappa shape index (κ2) is 6.24. The molecular weight excluding hydrogens is 202 g/mol. The van der Waals surface area contributed by atoms with E-state index in [9.17, 15) is 4.79 Å². The maximum Gasteiger partial charge on any atom is 0.220 e. The van der Waals surface area contributed by atoms with Crippen LogP contribution in [0.25, 0.3) is 0 Å². The lowest BCUT2D eigenvalue weighted by Crippen LogP contribution is -2.39. The van der Waals surface area contributed by atoms with Crippen molar-refractivity contribution in [3.8, 4) is 0 Å². The fourth-order valence-corrected chi connectivity index (χ4v) is 2.32. The van der Waals surface area contributed by atoms with E-state index in [1.807, 2.05) is 0 Å². The van der Waals surface area contributed by atoms with E-state index in [1.54, 1.807) is 6.92 Å². The van der Waals surface area contributed by atoms with Crippen LogP contribution < -0.4 is 5.32 Å². The highest BCUT2D eigenvalue weighted by Gasteiger charge is 2.25. The van der Waals surface area contributed by atoms with Crippen LogP contribution in [-0.4, -0.2) is 23.2 Å². The van der Waals surface area contributed by atoms with E-state index >= 15 is 0 Å². The second-order valence-electron chi connectivity index (χ2n) is 5.42. The summed E-state index contributed by atoms with van der Waals surface area (Å²) in [5.41, 5.74) is 0. The Labute approximate surface area is 98.6 Å². The molecule has 0 aromatic carbocycles. The van der Waals surface area contributed by atoms with Crippen LogP contribution >= 0.6 is 0 Å². The Morgan fingerprint density at radius 3 is 2.62 bits per heavy atom. The second-order valence-corrected chi connectivity index (χ2v) is 5.42. The van der Waals surface area contributed by atoms with E-state index in [2.05, 4.69) is 19.2 Å². The summed E-state index contributed by atoms with van der Waals surface area (Å²) in [6.45, 7) is 6.27. The number of amides is 1. The van der Waals surface area contributed by atoms with Gasteiger partial charge in [-0.15, -0.1) is 0 Å². The van der Waals surface area contributed by atoms with Gasteiger partial charge in [0.15, 0.2) is 0 Å². The van der Waals surface area contributed by atoms with Gasteiger partial charge < -0.3 is 10.4 Å². The molecule has 1 amide bonds. The molecule has 0 spiro atoms. The van der Waals surface area contributed by atoms with Crippen molar-refractivity contribution in [2.45, 2.75) is 65.0 Å². The highest BCUT2D eigenvalue weighted by Crippen LogP contribution is 2.29. The van der Waals surface area contributed by atoms with Gasteiger partial charge in [0.25, 0.3) is 0 Å². The predicted molar refractivity (Wildman–Crippen MR) is 65.0 cm³/mol. The van der Waals surface area contributed by atoms with Gasteiger partial charge in [-0.05, 0) is 44.4 Å². The van der Waals surface area contributed by atoms with Crippen molar-refractivity contribution in [3.63, 3.8) is 0 Å². The third kappa shape index (κ3) is 4.52. The van der Waals surface area contributed by atoms with Gasteiger partial charge in [0, 0.05) is 12.5 Å². The molecule has 1 fully saturated rings. The van der Waals surface area contributed by atoms with Crippen LogP contribution in [0.4, 0.5) is 0 Å². The van der Waals surface area contributed by atoms with Crippen LogP contribution in [0.3, 0.4) is 0 Å². The van der Waals surface area contributed by atoms with Gasteiger partial charge in [0.2, 0.25) is 5.91 Å². The third-order valence-electron chi connectivity index (χ3n) is 3.75. The Bertz CT molecular complexity index is 228. The van der Waals surface area contributed by atoms with Gasteiger partial charge in [-0.3, -0.25) is 4.79 Å². The Hall–Kier alpha value is -0.570. The Balaban J connectivity index is 2.24. The minimum Gasteiger partial charge on any atom is -0.393 e. The van der Waals surface area contributed by atoms with Crippen molar-refractivity contribution in [3.05, 3.63) is 0 Å². The standard InChI is InChI=1S/C13H25NO2/c1-9-4-6-12(8-10(9)2)14-13(16)7-5-11(3)15/h9-12,15H,4-8H2,1-3H3,(H,14,16). The molecule has 16 heavy (non-hydrogen) atoms. The van der Waals surface area contributed by atoms with E-state index in [1.165, 1.54) is 6.42 Å². The first-order valence-electron chi connectivity index (χ1n) is 6.46. The van der Waals surface area contributed by atoms with E-state index in [-0.39, 0.29) is 12.0 Å². The normalized spacial score (nSPS) is 32.1. The SMILES string of the molecule is CC(O)CCC(=O)NC1CCC(C)C(C)C1. The van der Waals surface area contributed by atoms with Crippen molar-refractivity contribution in [2.75, 3.05) is 0 Å². The number of aliphatic hydroxyl groups excluding tert-OH is 1. The molecule has 1 rings (SSSR count). The van der Waals surface area contributed by atoms with Crippen LogP contribution in [0.2, 0.25) is 0 Å². The average Bonchev–Trinajstić information content (AvgIpc) is 2.21. The molecule has 3 nitrogen and oxygen atoms in total. The average molecular weight is 227 g/mol. The lowest BCUT2D eigenvalue weighted by molar-refractivity contribution is -0.122. The van der Waals surface area contributed by atoms with Crippen LogP contribution in [0.5, 0.6) is 0 Å². The molecule has 0 heterocycles. The van der Waals surface area contributed by atoms with Crippen LogP contribution in [0.15, 0.2) is 0 Å². The molecule has 1 aliphatic rings. The number of hydrogen-bond acceptors (Lipinski definition) is 2. The first kappa shape index (κ1) is 13.5. The summed E-state index contributed by atoms with van der Waals surface area (Å²) in [5, 5.41) is 12.2. The van der Waals surface area contributed by atoms with Gasteiger partial charge in [-0.25, -0.2) is 0 Å². The minimum absolute atomic E-state index is 0.0904. The largest absolute Gasteiger partial charge is 0.393 e. The quantitative estimate of drug-likeness (QED) is 0.772. The molecule has 4 atom stereocenters. The summed E-state index contributed by atoms with van der Waals surface area (Å²) >= 11 is 0. The van der Waals surface area contributed by atoms with Crippen LogP contribution in [-0.2, 0) is 4.79 Å². The number of nitrogens with one attached hydrogen (secondary N) is 1. The minimum atomic E-state index is -0.379. The van der Waals surface area contributed by atoms with Crippen molar-refractivity contribution < 1.29 is 9.90 Å². The highest BCUT2D eigenvalue weighted by atomic mass is 16.3. The topological polar surface area (TPSA) is 49.3 Å². The summed E-state index contributed by atoms with van der Waals surface area (Å²) in [5.74, 6) is 1.58. The third-order valence-corrected chi connectivity index (χ3v) is 3.75. The molecule has 2 N–H and O–H groups in total. The van der Waals surface area contributed by atoms with Crippen LogP contribution in [0, 0.1) is 11.8 Å². The van der Waals surface area contributed by atoms with Crippen molar-refractivity contribution in [1.29, 1.82) is 0 Å². The lowest BCUT2D eigenvalue weighted by Gasteiger charge is -2.32. The Kier molecular flexibility index (Phi) is 5.26. The monoisotopic (exact) mass is 227 g/mol. The molecular formula is C13H25NO2. The lowest BCUT2D eigenvalue weighted by atomic mass is 9.79. The van der Waals surface area contributed by atoms with E-state index < -0.39 is 0 Å². The first-order chi connectivity index (χ1) is 7.49. The fraction of sp³-hybridized carbons (Fsp3) is 0.923. The van der Waals surface area contributed by atoms with Gasteiger partial charge in [0.05, 0.1) is 6.10 Å². The van der Waals surface area contributed by atoms with Crippen molar-refractivity contribution in [1.82, 2.24) is 5.32 Å². The van der Waals surface area contributed by atoms with E-state index in [4.69, 9.17) is 5.11 Å². The van der Waals surface area contributed by atoms with Crippen molar-refractivity contribution in [2.24, 2.45) is 11.8 Å². The smallest absolute Gasteiger partial charge is 0.220 e. The molecule has 94 valence electrons. The zero-order chi connectivity index (χ0) is 12.1. The molecule has 0 aromatic rings. The molecule has 0 saturated heterocycles. The fourth-order valence-electron chi connectivity index (χ4n) is 2.32. The molecule has 1 saturated carbocycles. The molecule has 1 aliphatic carbocycles. The molecule has 3 heteroatoms. The van der Waals surface area contributed by atoms with E-state index in [0.29, 0.717) is 24.8 Å². The number of aliphatic hydroxyl groups is 1. The van der Waals surface area contributed by atoms with Gasteiger partial charge in [-0.1, -0.05) is 13.8 Å². The number of hydrogen-bond donors (Lipinski definition) is 2. The molecule has 0 aliphatic heterocycles. The van der Waals surface area contributed by atoms with Crippen LogP contribution in [0.1, 0.15) is 52.9 Å². The number of carbonyl (C=O) groups is 1. The predicted octanol–water partition coefficient (Wildman–Crippen LogP) is 2.09. The first-order valence-corrected chi connectivity index (χ1v) is 6.46. The maximum atomic E-state index is 11.6.